The van der Waals surface area contributed by atoms with E-state index in [1.54, 1.807) is 24.3 Å². The zero-order valence-electron chi connectivity index (χ0n) is 16.5. The van der Waals surface area contributed by atoms with Crippen molar-refractivity contribution in [3.63, 3.8) is 0 Å². The molecule has 7 nitrogen and oxygen atoms in total. The first-order valence-electron chi connectivity index (χ1n) is 9.77. The van der Waals surface area contributed by atoms with Crippen LogP contribution in [0.5, 0.6) is 0 Å². The number of nitrogens with zero attached hydrogens (tertiary/aromatic N) is 2. The van der Waals surface area contributed by atoms with Crippen LogP contribution in [0.2, 0.25) is 0 Å². The molecule has 1 amide bonds. The smallest absolute Gasteiger partial charge is 0.290 e. The number of hydrogen-bond donors (Lipinski definition) is 3. The summed E-state index contributed by atoms with van der Waals surface area (Å²) in [6.45, 7) is 5.92. The molecule has 2 atom stereocenters. The molecule has 3 N–H and O–H groups in total. The number of thiocarbonyl (C=S) groups is 1. The Hall–Kier alpha value is -2.48. The second-order valence-electron chi connectivity index (χ2n) is 7.66. The molecule has 1 heterocycles. The zero-order chi connectivity index (χ0) is 20.3. The van der Waals surface area contributed by atoms with Gasteiger partial charge in [0, 0.05) is 11.4 Å². The molecule has 28 heavy (non-hydrogen) atoms. The van der Waals surface area contributed by atoms with E-state index in [2.05, 4.69) is 28.2 Å². The Kier molecular flexibility index (Phi) is 6.28. The monoisotopic (exact) mass is 401 g/mol. The van der Waals surface area contributed by atoms with Gasteiger partial charge >= 0.3 is 0 Å². The van der Waals surface area contributed by atoms with Crippen LogP contribution < -0.4 is 21.7 Å². The third-order valence-corrected chi connectivity index (χ3v) is 5.47. The minimum absolute atomic E-state index is 0.160. The average molecular weight is 402 g/mol. The Morgan fingerprint density at radius 3 is 2.54 bits per heavy atom. The zero-order valence-corrected chi connectivity index (χ0v) is 17.3. The first kappa shape index (κ1) is 20.3. The Balaban J connectivity index is 1.75. The predicted octanol–water partition coefficient (Wildman–Crippen LogP) is 2.67. The van der Waals surface area contributed by atoms with E-state index in [4.69, 9.17) is 12.2 Å². The maximum atomic E-state index is 12.8. The van der Waals surface area contributed by atoms with Crippen LogP contribution >= 0.6 is 12.2 Å². The number of fused-ring (bicyclic) bond motifs is 1. The second-order valence-corrected chi connectivity index (χ2v) is 8.07. The number of rotatable bonds is 3. The van der Waals surface area contributed by atoms with Crippen molar-refractivity contribution in [2.45, 2.75) is 58.5 Å². The fourth-order valence-electron chi connectivity index (χ4n) is 3.63. The highest BCUT2D eigenvalue weighted by Gasteiger charge is 2.22. The summed E-state index contributed by atoms with van der Waals surface area (Å²) in [7, 11) is 0. The number of hydrazine groups is 1. The molecular weight excluding hydrogens is 374 g/mol. The first-order chi connectivity index (χ1) is 13.4. The van der Waals surface area contributed by atoms with E-state index in [9.17, 15) is 9.59 Å². The normalized spacial score (nSPS) is 19.4. The van der Waals surface area contributed by atoms with Crippen molar-refractivity contribution in [3.8, 4) is 0 Å². The molecule has 1 aromatic carbocycles. The van der Waals surface area contributed by atoms with Crippen LogP contribution in [0.1, 0.15) is 63.0 Å². The highest BCUT2D eigenvalue weighted by molar-refractivity contribution is 7.80. The molecule has 0 radical (unpaired) electrons. The van der Waals surface area contributed by atoms with E-state index in [1.807, 2.05) is 13.8 Å². The average Bonchev–Trinajstić information content (AvgIpc) is 2.68. The van der Waals surface area contributed by atoms with Gasteiger partial charge in [0.15, 0.2) is 10.8 Å². The largest absolute Gasteiger partial charge is 0.358 e. The summed E-state index contributed by atoms with van der Waals surface area (Å²) in [5.74, 6) is 0.107. The summed E-state index contributed by atoms with van der Waals surface area (Å²) in [6.07, 6.45) is 4.69. The van der Waals surface area contributed by atoms with Crippen LogP contribution in [0, 0.1) is 5.92 Å². The molecule has 0 spiro atoms. The van der Waals surface area contributed by atoms with Gasteiger partial charge in [0.2, 0.25) is 0 Å². The molecule has 2 aromatic rings. The molecule has 1 fully saturated rings. The minimum atomic E-state index is -0.438. The maximum absolute atomic E-state index is 12.8. The summed E-state index contributed by atoms with van der Waals surface area (Å²) < 4.78 is 1.33. The van der Waals surface area contributed by atoms with Gasteiger partial charge in [-0.1, -0.05) is 38.0 Å². The number of benzene rings is 1. The molecule has 8 heteroatoms. The number of hydrogen-bond acceptors (Lipinski definition) is 4. The molecule has 150 valence electrons. The van der Waals surface area contributed by atoms with E-state index >= 15 is 0 Å². The molecule has 1 aliphatic rings. The third kappa shape index (κ3) is 4.32. The lowest BCUT2D eigenvalue weighted by atomic mass is 9.86. The van der Waals surface area contributed by atoms with Crippen molar-refractivity contribution in [2.24, 2.45) is 5.92 Å². The molecule has 0 unspecified atom stereocenters. The van der Waals surface area contributed by atoms with Crippen LogP contribution in [0.3, 0.4) is 0 Å². The fraction of sp³-hybridized carbons (Fsp3) is 0.500. The van der Waals surface area contributed by atoms with Gasteiger partial charge in [0.25, 0.3) is 11.5 Å². The summed E-state index contributed by atoms with van der Waals surface area (Å²) in [5.41, 5.74) is 5.36. The van der Waals surface area contributed by atoms with Crippen molar-refractivity contribution < 1.29 is 4.79 Å². The number of nitrogens with one attached hydrogen (secondary N) is 3. The topological polar surface area (TPSA) is 88.1 Å². The van der Waals surface area contributed by atoms with Crippen LogP contribution in [0.25, 0.3) is 10.8 Å². The van der Waals surface area contributed by atoms with E-state index in [0.717, 1.165) is 6.42 Å². The molecule has 0 aliphatic heterocycles. The summed E-state index contributed by atoms with van der Waals surface area (Å²) in [6, 6.07) is 7.14. The molecule has 0 saturated heterocycles. The Morgan fingerprint density at radius 2 is 1.86 bits per heavy atom. The summed E-state index contributed by atoms with van der Waals surface area (Å²) in [4.78, 5) is 25.4. The highest BCUT2D eigenvalue weighted by Crippen LogP contribution is 2.23. The lowest BCUT2D eigenvalue weighted by Crippen LogP contribution is -2.51. The van der Waals surface area contributed by atoms with E-state index < -0.39 is 5.91 Å². The van der Waals surface area contributed by atoms with Gasteiger partial charge in [-0.05, 0) is 50.9 Å². The molecular formula is C20H27N5O2S. The predicted molar refractivity (Wildman–Crippen MR) is 114 cm³/mol. The van der Waals surface area contributed by atoms with Gasteiger partial charge < -0.3 is 5.32 Å². The SMILES string of the molecule is CC(C)n1nc(C(=O)NNC(=S)N[C@H]2CCCC[C@@H]2C)c2ccccc2c1=O. The van der Waals surface area contributed by atoms with Crippen LogP contribution in [-0.2, 0) is 0 Å². The standard InChI is InChI=1S/C20H27N5O2S/c1-12(2)25-19(27)15-10-6-5-9-14(15)17(24-25)18(26)22-23-20(28)21-16-11-7-4-8-13(16)3/h5-6,9-10,12-13,16H,4,7-8,11H2,1-3H3,(H,22,26)(H2,21,23,28)/t13-,16-/m0/s1. The molecule has 1 aromatic heterocycles. The lowest BCUT2D eigenvalue weighted by molar-refractivity contribution is 0.0937. The number of carbonyl (C=O) groups is 1. The first-order valence-corrected chi connectivity index (χ1v) is 10.2. The fourth-order valence-corrected chi connectivity index (χ4v) is 3.83. The quantitative estimate of drug-likeness (QED) is 0.541. The van der Waals surface area contributed by atoms with Gasteiger partial charge in [-0.25, -0.2) is 4.68 Å². The highest BCUT2D eigenvalue weighted by atomic mass is 32.1. The van der Waals surface area contributed by atoms with Crippen molar-refractivity contribution >= 4 is 34.0 Å². The van der Waals surface area contributed by atoms with E-state index in [-0.39, 0.29) is 17.3 Å². The van der Waals surface area contributed by atoms with Gasteiger partial charge in [-0.15, -0.1) is 0 Å². The number of amides is 1. The lowest BCUT2D eigenvalue weighted by Gasteiger charge is -2.30. The maximum Gasteiger partial charge on any atom is 0.290 e. The van der Waals surface area contributed by atoms with Gasteiger partial charge in [0.05, 0.1) is 11.4 Å². The van der Waals surface area contributed by atoms with Gasteiger partial charge in [-0.2, -0.15) is 5.10 Å². The molecule has 0 bridgehead atoms. The summed E-state index contributed by atoms with van der Waals surface area (Å²) >= 11 is 5.33. The Bertz CT molecular complexity index is 940. The molecule has 1 aliphatic carbocycles. The third-order valence-electron chi connectivity index (χ3n) is 5.25. The van der Waals surface area contributed by atoms with Crippen molar-refractivity contribution in [3.05, 3.63) is 40.3 Å². The second kappa shape index (κ2) is 8.68. The number of aromatic nitrogens is 2. The van der Waals surface area contributed by atoms with Crippen LogP contribution in [0.15, 0.2) is 29.1 Å². The van der Waals surface area contributed by atoms with Crippen LogP contribution in [0.4, 0.5) is 0 Å². The molecule has 3 rings (SSSR count). The van der Waals surface area contributed by atoms with Gasteiger partial charge in [0.1, 0.15) is 0 Å². The van der Waals surface area contributed by atoms with Crippen molar-refractivity contribution in [1.82, 2.24) is 25.9 Å². The Labute approximate surface area is 169 Å². The van der Waals surface area contributed by atoms with Crippen molar-refractivity contribution in [2.75, 3.05) is 0 Å². The molecule has 1 saturated carbocycles. The van der Waals surface area contributed by atoms with Crippen LogP contribution in [-0.4, -0.2) is 26.8 Å². The number of carbonyl (C=O) groups excluding carboxylic acids is 1. The van der Waals surface area contributed by atoms with E-state index in [0.29, 0.717) is 27.8 Å². The van der Waals surface area contributed by atoms with E-state index in [1.165, 1.54) is 23.9 Å². The van der Waals surface area contributed by atoms with Crippen molar-refractivity contribution in [1.29, 1.82) is 0 Å². The van der Waals surface area contributed by atoms with Gasteiger partial charge in [-0.3, -0.25) is 20.4 Å². The Morgan fingerprint density at radius 1 is 1.18 bits per heavy atom. The summed E-state index contributed by atoms with van der Waals surface area (Å²) in [5, 5.41) is 8.94. The minimum Gasteiger partial charge on any atom is -0.358 e.